The molecule has 1 aromatic rings. The third-order valence-corrected chi connectivity index (χ3v) is 2.19. The van der Waals surface area contributed by atoms with Crippen molar-refractivity contribution in [2.45, 2.75) is 12.6 Å². The molecule has 0 spiro atoms. The van der Waals surface area contributed by atoms with E-state index in [0.29, 0.717) is 13.0 Å². The van der Waals surface area contributed by atoms with Gasteiger partial charge in [-0.15, -0.1) is 12.4 Å². The Morgan fingerprint density at radius 3 is 2.47 bits per heavy atom. The first kappa shape index (κ1) is 16.4. The predicted octanol–water partition coefficient (Wildman–Crippen LogP) is 3.51. The Kier molecular flexibility index (Phi) is 6.67. The van der Waals surface area contributed by atoms with Crippen molar-refractivity contribution in [3.05, 3.63) is 28.8 Å². The van der Waals surface area contributed by atoms with Gasteiger partial charge in [-0.3, -0.25) is 0 Å². The minimum Gasteiger partial charge on any atom is -0.494 e. The van der Waals surface area contributed by atoms with Crippen molar-refractivity contribution in [2.75, 3.05) is 13.2 Å². The van der Waals surface area contributed by atoms with Crippen molar-refractivity contribution in [3.63, 3.8) is 0 Å². The van der Waals surface area contributed by atoms with Crippen LogP contribution in [0.1, 0.15) is 12.0 Å². The number of halogens is 5. The van der Waals surface area contributed by atoms with Crippen molar-refractivity contribution in [2.24, 2.45) is 5.73 Å². The molecule has 0 unspecified atom stereocenters. The first-order chi connectivity index (χ1) is 7.45. The molecule has 2 N–H and O–H groups in total. The number of hydrogen-bond acceptors (Lipinski definition) is 2. The van der Waals surface area contributed by atoms with E-state index in [-0.39, 0.29) is 29.8 Å². The molecule has 1 rings (SSSR count). The number of ether oxygens (including phenoxy) is 1. The smallest absolute Gasteiger partial charge is 0.417 e. The van der Waals surface area contributed by atoms with Gasteiger partial charge in [-0.05, 0) is 31.2 Å². The van der Waals surface area contributed by atoms with Crippen molar-refractivity contribution in [1.82, 2.24) is 0 Å². The van der Waals surface area contributed by atoms with E-state index in [9.17, 15) is 13.2 Å². The van der Waals surface area contributed by atoms with Crippen molar-refractivity contribution < 1.29 is 17.9 Å². The van der Waals surface area contributed by atoms with Crippen LogP contribution in [0.2, 0.25) is 5.02 Å². The first-order valence-electron chi connectivity index (χ1n) is 4.65. The summed E-state index contributed by atoms with van der Waals surface area (Å²) in [6, 6.07) is 3.45. The molecule has 0 radical (unpaired) electrons. The summed E-state index contributed by atoms with van der Waals surface area (Å²) in [6.07, 6.45) is -3.88. The summed E-state index contributed by atoms with van der Waals surface area (Å²) < 4.78 is 42.5. The second kappa shape index (κ2) is 6.93. The van der Waals surface area contributed by atoms with E-state index in [1.54, 1.807) is 0 Å². The number of alkyl halides is 3. The van der Waals surface area contributed by atoms with Crippen LogP contribution in [0.3, 0.4) is 0 Å². The van der Waals surface area contributed by atoms with Crippen LogP contribution >= 0.6 is 24.0 Å². The van der Waals surface area contributed by atoms with E-state index in [1.165, 1.54) is 12.1 Å². The van der Waals surface area contributed by atoms with Gasteiger partial charge in [0, 0.05) is 0 Å². The second-order valence-corrected chi connectivity index (χ2v) is 3.54. The highest BCUT2D eigenvalue weighted by atomic mass is 35.5. The lowest BCUT2D eigenvalue weighted by Gasteiger charge is -2.11. The van der Waals surface area contributed by atoms with Crippen LogP contribution in [-0.2, 0) is 6.18 Å². The van der Waals surface area contributed by atoms with Gasteiger partial charge in [-0.1, -0.05) is 11.6 Å². The molecule has 2 nitrogen and oxygen atoms in total. The largest absolute Gasteiger partial charge is 0.494 e. The van der Waals surface area contributed by atoms with Gasteiger partial charge in [0.15, 0.2) is 0 Å². The Bertz CT molecular complexity index is 358. The maximum Gasteiger partial charge on any atom is 0.417 e. The Labute approximate surface area is 108 Å². The highest BCUT2D eigenvalue weighted by molar-refractivity contribution is 6.31. The lowest BCUT2D eigenvalue weighted by Crippen LogP contribution is -2.08. The highest BCUT2D eigenvalue weighted by Gasteiger charge is 2.33. The molecule has 0 aliphatic heterocycles. The zero-order valence-corrected chi connectivity index (χ0v) is 10.3. The van der Waals surface area contributed by atoms with Crippen molar-refractivity contribution >= 4 is 24.0 Å². The molecule has 0 atom stereocenters. The molecule has 0 amide bonds. The van der Waals surface area contributed by atoms with E-state index in [0.717, 1.165) is 6.07 Å². The van der Waals surface area contributed by atoms with E-state index in [1.807, 2.05) is 0 Å². The molecule has 0 heterocycles. The summed E-state index contributed by atoms with van der Waals surface area (Å²) in [6.45, 7) is 0.717. The standard InChI is InChI=1S/C10H11ClF3NO.ClH/c11-9-3-2-7(16-5-1-4-15)6-8(9)10(12,13)14;/h2-3,6H,1,4-5,15H2;1H. The first-order valence-corrected chi connectivity index (χ1v) is 5.02. The Morgan fingerprint density at radius 2 is 1.94 bits per heavy atom. The Balaban J connectivity index is 0.00000256. The molecular formula is C10H12Cl2F3NO. The zero-order chi connectivity index (χ0) is 12.2. The topological polar surface area (TPSA) is 35.2 Å². The molecule has 0 saturated heterocycles. The predicted molar refractivity (Wildman–Crippen MR) is 62.9 cm³/mol. The van der Waals surface area contributed by atoms with Crippen molar-refractivity contribution in [3.8, 4) is 5.75 Å². The number of nitrogens with two attached hydrogens (primary N) is 1. The monoisotopic (exact) mass is 289 g/mol. The fourth-order valence-corrected chi connectivity index (χ4v) is 1.31. The maximum atomic E-state index is 12.5. The molecule has 0 fully saturated rings. The summed E-state index contributed by atoms with van der Waals surface area (Å²) >= 11 is 5.45. The molecule has 7 heteroatoms. The van der Waals surface area contributed by atoms with Crippen LogP contribution in [0.5, 0.6) is 5.75 Å². The fourth-order valence-electron chi connectivity index (χ4n) is 1.08. The average Bonchev–Trinajstić information content (AvgIpc) is 2.19. The summed E-state index contributed by atoms with van der Waals surface area (Å²) in [5.74, 6) is 0.144. The van der Waals surface area contributed by atoms with Gasteiger partial charge in [-0.2, -0.15) is 13.2 Å². The fraction of sp³-hybridized carbons (Fsp3) is 0.400. The van der Waals surface area contributed by atoms with E-state index < -0.39 is 11.7 Å². The molecule has 0 aliphatic rings. The van der Waals surface area contributed by atoms with Gasteiger partial charge in [-0.25, -0.2) is 0 Å². The Hall–Kier alpha value is -0.650. The lowest BCUT2D eigenvalue weighted by atomic mass is 10.2. The second-order valence-electron chi connectivity index (χ2n) is 3.13. The van der Waals surface area contributed by atoms with E-state index in [4.69, 9.17) is 22.1 Å². The highest BCUT2D eigenvalue weighted by Crippen LogP contribution is 2.36. The van der Waals surface area contributed by atoms with Crippen LogP contribution in [0.15, 0.2) is 18.2 Å². The molecule has 0 saturated carbocycles. The minimum atomic E-state index is -4.47. The summed E-state index contributed by atoms with van der Waals surface area (Å²) in [5, 5.41) is -0.335. The molecular weight excluding hydrogens is 278 g/mol. The molecule has 17 heavy (non-hydrogen) atoms. The number of rotatable bonds is 4. The van der Waals surface area contributed by atoms with Gasteiger partial charge in [0.05, 0.1) is 17.2 Å². The third kappa shape index (κ3) is 5.02. The lowest BCUT2D eigenvalue weighted by molar-refractivity contribution is -0.137. The van der Waals surface area contributed by atoms with Gasteiger partial charge < -0.3 is 10.5 Å². The third-order valence-electron chi connectivity index (χ3n) is 1.86. The van der Waals surface area contributed by atoms with Gasteiger partial charge in [0.2, 0.25) is 0 Å². The quantitative estimate of drug-likeness (QED) is 0.861. The van der Waals surface area contributed by atoms with E-state index in [2.05, 4.69) is 0 Å². The van der Waals surface area contributed by atoms with Crippen LogP contribution in [0.25, 0.3) is 0 Å². The molecule has 1 aromatic carbocycles. The van der Waals surface area contributed by atoms with Crippen LogP contribution in [-0.4, -0.2) is 13.2 Å². The zero-order valence-electron chi connectivity index (χ0n) is 8.76. The van der Waals surface area contributed by atoms with E-state index >= 15 is 0 Å². The van der Waals surface area contributed by atoms with Crippen molar-refractivity contribution in [1.29, 1.82) is 0 Å². The van der Waals surface area contributed by atoms with Crippen LogP contribution < -0.4 is 10.5 Å². The molecule has 0 aromatic heterocycles. The van der Waals surface area contributed by atoms with Crippen LogP contribution in [0, 0.1) is 0 Å². The van der Waals surface area contributed by atoms with Gasteiger partial charge >= 0.3 is 6.18 Å². The average molecular weight is 290 g/mol. The molecule has 0 aliphatic carbocycles. The SMILES string of the molecule is Cl.NCCCOc1ccc(Cl)c(C(F)(F)F)c1. The number of benzene rings is 1. The van der Waals surface area contributed by atoms with Gasteiger partial charge in [0.25, 0.3) is 0 Å². The van der Waals surface area contributed by atoms with Crippen LogP contribution in [0.4, 0.5) is 13.2 Å². The summed E-state index contributed by atoms with van der Waals surface area (Å²) in [7, 11) is 0. The molecule has 98 valence electrons. The Morgan fingerprint density at radius 1 is 1.29 bits per heavy atom. The number of hydrogen-bond donors (Lipinski definition) is 1. The summed E-state index contributed by atoms with van der Waals surface area (Å²) in [4.78, 5) is 0. The maximum absolute atomic E-state index is 12.5. The normalized spacial score (nSPS) is 10.9. The summed E-state index contributed by atoms with van der Waals surface area (Å²) in [5.41, 5.74) is 4.35. The molecule has 0 bridgehead atoms. The van der Waals surface area contributed by atoms with Gasteiger partial charge in [0.1, 0.15) is 5.75 Å². The minimum absolute atomic E-state index is 0.